The van der Waals surface area contributed by atoms with Crippen molar-refractivity contribution >= 4 is 5.91 Å². The fraction of sp³-hybridized carbons (Fsp3) is 0.722. The van der Waals surface area contributed by atoms with E-state index in [0.717, 1.165) is 50.3 Å². The number of nitrogens with zero attached hydrogens (tertiary/aromatic N) is 2. The molecule has 3 rings (SSSR count). The molecule has 2 fully saturated rings. The number of carbonyl (C=O) groups excluding carboxylic acids is 1. The first-order chi connectivity index (χ1) is 10.4. The van der Waals surface area contributed by atoms with Crippen LogP contribution < -0.4 is 5.32 Å². The van der Waals surface area contributed by atoms with Crippen molar-refractivity contribution in [3.05, 3.63) is 23.0 Å². The van der Waals surface area contributed by atoms with Gasteiger partial charge in [0.2, 0.25) is 0 Å². The van der Waals surface area contributed by atoms with Crippen molar-refractivity contribution in [3.63, 3.8) is 0 Å². The van der Waals surface area contributed by atoms with Crippen molar-refractivity contribution in [2.75, 3.05) is 26.2 Å². The molecule has 0 radical (unpaired) electrons. The summed E-state index contributed by atoms with van der Waals surface area (Å²) in [5, 5.41) is 3.48. The number of nitrogens with one attached hydrogen (secondary N) is 1. The van der Waals surface area contributed by atoms with Crippen LogP contribution in [0.15, 0.2) is 6.07 Å². The third-order valence-corrected chi connectivity index (χ3v) is 5.67. The summed E-state index contributed by atoms with van der Waals surface area (Å²) in [6, 6.07) is 2.47. The van der Waals surface area contributed by atoms with Gasteiger partial charge in [0.25, 0.3) is 5.91 Å². The summed E-state index contributed by atoms with van der Waals surface area (Å²) in [5.41, 5.74) is 3.65. The van der Waals surface area contributed by atoms with Gasteiger partial charge in [-0.15, -0.1) is 0 Å². The first kappa shape index (κ1) is 15.6. The quantitative estimate of drug-likeness (QED) is 0.912. The fourth-order valence-corrected chi connectivity index (χ4v) is 4.37. The molecule has 22 heavy (non-hydrogen) atoms. The molecule has 1 aromatic rings. The number of carbonyl (C=O) groups is 1. The van der Waals surface area contributed by atoms with E-state index in [0.29, 0.717) is 11.5 Å². The number of amides is 1. The second-order valence-corrected chi connectivity index (χ2v) is 7.47. The molecular formula is C18H29N3O. The van der Waals surface area contributed by atoms with Crippen LogP contribution in [0.5, 0.6) is 0 Å². The highest BCUT2D eigenvalue weighted by atomic mass is 16.2. The summed E-state index contributed by atoms with van der Waals surface area (Å²) in [5.74, 6) is 0.223. The van der Waals surface area contributed by atoms with Crippen molar-refractivity contribution in [1.29, 1.82) is 0 Å². The van der Waals surface area contributed by atoms with Gasteiger partial charge in [0.1, 0.15) is 0 Å². The van der Waals surface area contributed by atoms with Crippen LogP contribution in [0.4, 0.5) is 0 Å². The minimum atomic E-state index is 0.223. The lowest BCUT2D eigenvalue weighted by Gasteiger charge is -2.38. The van der Waals surface area contributed by atoms with E-state index in [1.54, 1.807) is 0 Å². The molecule has 2 aliphatic heterocycles. The predicted octanol–water partition coefficient (Wildman–Crippen LogP) is 2.90. The molecule has 1 amide bonds. The molecule has 1 N–H and O–H groups in total. The van der Waals surface area contributed by atoms with Crippen molar-refractivity contribution in [3.8, 4) is 0 Å². The van der Waals surface area contributed by atoms with E-state index in [2.05, 4.69) is 48.5 Å². The zero-order valence-electron chi connectivity index (χ0n) is 14.4. The van der Waals surface area contributed by atoms with Crippen molar-refractivity contribution < 1.29 is 4.79 Å². The molecule has 2 saturated heterocycles. The minimum absolute atomic E-state index is 0.223. The third kappa shape index (κ3) is 2.58. The van der Waals surface area contributed by atoms with E-state index in [1.807, 2.05) is 0 Å². The van der Waals surface area contributed by atoms with Gasteiger partial charge in [-0.1, -0.05) is 0 Å². The highest BCUT2D eigenvalue weighted by molar-refractivity contribution is 5.95. The summed E-state index contributed by atoms with van der Waals surface area (Å²) in [6.07, 6.45) is 3.57. The van der Waals surface area contributed by atoms with Gasteiger partial charge in [-0.3, -0.25) is 4.79 Å². The molecule has 0 saturated carbocycles. The third-order valence-electron chi connectivity index (χ3n) is 5.67. The minimum Gasteiger partial charge on any atom is -0.346 e. The van der Waals surface area contributed by atoms with Gasteiger partial charge >= 0.3 is 0 Å². The molecule has 4 heteroatoms. The van der Waals surface area contributed by atoms with E-state index < -0.39 is 0 Å². The van der Waals surface area contributed by atoms with Crippen LogP contribution in [-0.4, -0.2) is 41.6 Å². The number of likely N-dealkylation sites (tertiary alicyclic amines) is 1. The van der Waals surface area contributed by atoms with Crippen LogP contribution in [-0.2, 0) is 0 Å². The Balaban J connectivity index is 1.74. The van der Waals surface area contributed by atoms with Crippen LogP contribution in [0.3, 0.4) is 0 Å². The lowest BCUT2D eigenvalue weighted by molar-refractivity contribution is 0.0607. The highest BCUT2D eigenvalue weighted by Crippen LogP contribution is 2.37. The smallest absolute Gasteiger partial charge is 0.255 e. The number of aryl methyl sites for hydroxylation is 1. The summed E-state index contributed by atoms with van der Waals surface area (Å²) in [6.45, 7) is 12.6. The standard InChI is InChI=1S/C18H29N3O/c1-13(2)21-14(3)11-16(15(21)4)17(22)20-9-6-18(7-10-20)5-8-19-12-18/h11,13,19H,5-10,12H2,1-4H3. The highest BCUT2D eigenvalue weighted by Gasteiger charge is 2.38. The number of rotatable bonds is 2. The van der Waals surface area contributed by atoms with Crippen LogP contribution in [0.1, 0.15) is 60.9 Å². The van der Waals surface area contributed by atoms with Crippen LogP contribution in [0.25, 0.3) is 0 Å². The van der Waals surface area contributed by atoms with Gasteiger partial charge < -0.3 is 14.8 Å². The van der Waals surface area contributed by atoms with E-state index in [9.17, 15) is 4.79 Å². The SMILES string of the molecule is Cc1cc(C(=O)N2CCC3(CCNC3)CC2)c(C)n1C(C)C. The molecule has 0 aliphatic carbocycles. The van der Waals surface area contributed by atoms with Crippen molar-refractivity contribution in [2.24, 2.45) is 5.41 Å². The van der Waals surface area contributed by atoms with E-state index in [-0.39, 0.29) is 5.91 Å². The number of hydrogen-bond donors (Lipinski definition) is 1. The van der Waals surface area contributed by atoms with Gasteiger partial charge in [-0.25, -0.2) is 0 Å². The molecule has 122 valence electrons. The summed E-state index contributed by atoms with van der Waals surface area (Å²) >= 11 is 0. The molecule has 4 nitrogen and oxygen atoms in total. The largest absolute Gasteiger partial charge is 0.346 e. The summed E-state index contributed by atoms with van der Waals surface area (Å²) in [4.78, 5) is 15.0. The van der Waals surface area contributed by atoms with Crippen LogP contribution in [0, 0.1) is 19.3 Å². The van der Waals surface area contributed by atoms with Crippen molar-refractivity contribution in [1.82, 2.24) is 14.8 Å². The molecular weight excluding hydrogens is 274 g/mol. The number of aromatic nitrogens is 1. The second kappa shape index (κ2) is 5.73. The molecule has 3 heterocycles. The summed E-state index contributed by atoms with van der Waals surface area (Å²) < 4.78 is 2.26. The number of piperidine rings is 1. The topological polar surface area (TPSA) is 37.3 Å². The van der Waals surface area contributed by atoms with Gasteiger partial charge in [0, 0.05) is 37.1 Å². The molecule has 1 spiro atoms. The first-order valence-electron chi connectivity index (χ1n) is 8.62. The van der Waals surface area contributed by atoms with Gasteiger partial charge in [0.15, 0.2) is 0 Å². The Hall–Kier alpha value is -1.29. The van der Waals surface area contributed by atoms with E-state index in [4.69, 9.17) is 0 Å². The lowest BCUT2D eigenvalue weighted by atomic mass is 9.78. The Morgan fingerprint density at radius 1 is 1.23 bits per heavy atom. The molecule has 0 unspecified atom stereocenters. The monoisotopic (exact) mass is 303 g/mol. The maximum absolute atomic E-state index is 12.9. The molecule has 1 aromatic heterocycles. The second-order valence-electron chi connectivity index (χ2n) is 7.47. The van der Waals surface area contributed by atoms with Crippen LogP contribution >= 0.6 is 0 Å². The Morgan fingerprint density at radius 2 is 1.91 bits per heavy atom. The van der Waals surface area contributed by atoms with E-state index in [1.165, 1.54) is 12.1 Å². The lowest BCUT2D eigenvalue weighted by Crippen LogP contribution is -2.44. The van der Waals surface area contributed by atoms with Gasteiger partial charge in [-0.2, -0.15) is 0 Å². The average molecular weight is 303 g/mol. The predicted molar refractivity (Wildman–Crippen MR) is 89.3 cm³/mol. The Labute approximate surface area is 133 Å². The zero-order chi connectivity index (χ0) is 15.9. The Morgan fingerprint density at radius 3 is 2.41 bits per heavy atom. The Bertz CT molecular complexity index is 557. The van der Waals surface area contributed by atoms with E-state index >= 15 is 0 Å². The molecule has 0 atom stereocenters. The maximum Gasteiger partial charge on any atom is 0.255 e. The molecule has 2 aliphatic rings. The van der Waals surface area contributed by atoms with Crippen LogP contribution in [0.2, 0.25) is 0 Å². The normalized spacial score (nSPS) is 21.0. The molecule has 0 aromatic carbocycles. The average Bonchev–Trinajstić information content (AvgIpc) is 3.04. The number of hydrogen-bond acceptors (Lipinski definition) is 2. The molecule has 0 bridgehead atoms. The zero-order valence-corrected chi connectivity index (χ0v) is 14.4. The van der Waals surface area contributed by atoms with Gasteiger partial charge in [0.05, 0.1) is 5.56 Å². The van der Waals surface area contributed by atoms with Crippen molar-refractivity contribution in [2.45, 2.75) is 53.0 Å². The maximum atomic E-state index is 12.9. The fourth-order valence-electron chi connectivity index (χ4n) is 4.37. The summed E-state index contributed by atoms with van der Waals surface area (Å²) in [7, 11) is 0. The Kier molecular flexibility index (Phi) is 4.06. The first-order valence-corrected chi connectivity index (χ1v) is 8.62. The van der Waals surface area contributed by atoms with Gasteiger partial charge in [-0.05, 0) is 65.0 Å².